The minimum atomic E-state index is -0.313. The van der Waals surface area contributed by atoms with Crippen LogP contribution in [0.25, 0.3) is 28.1 Å². The van der Waals surface area contributed by atoms with Crippen LogP contribution in [0.4, 0.5) is 15.9 Å². The van der Waals surface area contributed by atoms with E-state index in [0.717, 1.165) is 22.4 Å². The highest BCUT2D eigenvalue weighted by atomic mass is 19.1. The number of fused-ring (bicyclic) bond motifs is 3. The largest absolute Gasteiger partial charge is 0.329 e. The van der Waals surface area contributed by atoms with Crippen LogP contribution >= 0.6 is 0 Å². The lowest BCUT2D eigenvalue weighted by atomic mass is 10.2. The summed E-state index contributed by atoms with van der Waals surface area (Å²) in [4.78, 5) is 6.80. The van der Waals surface area contributed by atoms with Crippen LogP contribution in [0.15, 0.2) is 78.9 Å². The number of rotatable bonds is 3. The van der Waals surface area contributed by atoms with Crippen LogP contribution in [-0.4, -0.2) is 26.6 Å². The van der Waals surface area contributed by atoms with Crippen LogP contribution in [0.5, 0.6) is 0 Å². The van der Waals surface area contributed by atoms with Crippen molar-refractivity contribution in [2.24, 2.45) is 0 Å². The van der Waals surface area contributed by atoms with E-state index in [4.69, 9.17) is 4.98 Å². The summed E-state index contributed by atoms with van der Waals surface area (Å²) in [5.41, 5.74) is 2.59. The molecule has 0 fully saturated rings. The lowest BCUT2D eigenvalue weighted by Gasteiger charge is -2.20. The van der Waals surface area contributed by atoms with E-state index >= 15 is 0 Å². The summed E-state index contributed by atoms with van der Waals surface area (Å²) >= 11 is 0. The third kappa shape index (κ3) is 2.58. The molecule has 0 bridgehead atoms. The van der Waals surface area contributed by atoms with Gasteiger partial charge in [0.2, 0.25) is 0 Å². The predicted octanol–water partition coefficient (Wildman–Crippen LogP) is 4.85. The van der Waals surface area contributed by atoms with Gasteiger partial charge in [-0.25, -0.2) is 4.39 Å². The summed E-state index contributed by atoms with van der Waals surface area (Å²) in [6, 6.07) is 24.3. The van der Waals surface area contributed by atoms with Gasteiger partial charge in [-0.15, -0.1) is 10.2 Å². The topological polar surface area (TPSA) is 46.3 Å². The number of halogens is 1. The van der Waals surface area contributed by atoms with Gasteiger partial charge in [0.05, 0.1) is 5.52 Å². The van der Waals surface area contributed by atoms with E-state index in [0.29, 0.717) is 17.2 Å². The van der Waals surface area contributed by atoms with E-state index in [-0.39, 0.29) is 5.82 Å². The van der Waals surface area contributed by atoms with Crippen LogP contribution in [0.1, 0.15) is 0 Å². The molecule has 0 aliphatic carbocycles. The molecule has 0 spiro atoms. The predicted molar refractivity (Wildman–Crippen MR) is 108 cm³/mol. The number of hydrogen-bond donors (Lipinski definition) is 0. The maximum atomic E-state index is 13.8. The molecule has 0 N–H and O–H groups in total. The van der Waals surface area contributed by atoms with Crippen molar-refractivity contribution >= 4 is 28.2 Å². The highest BCUT2D eigenvalue weighted by Crippen LogP contribution is 2.32. The molecule has 0 amide bonds. The Balaban J connectivity index is 1.79. The summed E-state index contributed by atoms with van der Waals surface area (Å²) in [5.74, 6) is 1.50. The monoisotopic (exact) mass is 369 g/mol. The minimum Gasteiger partial charge on any atom is -0.329 e. The maximum absolute atomic E-state index is 13.8. The Morgan fingerprint density at radius 3 is 2.46 bits per heavy atom. The zero-order valence-electron chi connectivity index (χ0n) is 15.1. The fraction of sp³-hybridized carbons (Fsp3) is 0.0455. The van der Waals surface area contributed by atoms with Crippen molar-refractivity contribution in [2.45, 2.75) is 0 Å². The minimum absolute atomic E-state index is 0.313. The maximum Gasteiger partial charge on any atom is 0.257 e. The van der Waals surface area contributed by atoms with E-state index < -0.39 is 0 Å². The SMILES string of the molecule is CN(c1ccccc1)c1nc2nnc(-c3cccc(F)c3)n2c2ccccc12. The average molecular weight is 369 g/mol. The molecule has 0 radical (unpaired) electrons. The second-order valence-electron chi connectivity index (χ2n) is 6.52. The second-order valence-corrected chi connectivity index (χ2v) is 6.52. The van der Waals surface area contributed by atoms with Gasteiger partial charge in [-0.3, -0.25) is 4.40 Å². The first-order valence-electron chi connectivity index (χ1n) is 8.91. The molecule has 0 aliphatic heterocycles. The van der Waals surface area contributed by atoms with Gasteiger partial charge >= 0.3 is 0 Å². The smallest absolute Gasteiger partial charge is 0.257 e. The van der Waals surface area contributed by atoms with Crippen LogP contribution in [0.3, 0.4) is 0 Å². The molecule has 5 aromatic rings. The summed E-state index contributed by atoms with van der Waals surface area (Å²) in [5, 5.41) is 9.52. The average Bonchev–Trinajstić information content (AvgIpc) is 3.18. The van der Waals surface area contributed by atoms with Gasteiger partial charge in [0, 0.05) is 23.7 Å². The highest BCUT2D eigenvalue weighted by molar-refractivity contribution is 5.94. The number of para-hydroxylation sites is 2. The van der Waals surface area contributed by atoms with Crippen molar-refractivity contribution in [3.63, 3.8) is 0 Å². The van der Waals surface area contributed by atoms with E-state index in [1.54, 1.807) is 6.07 Å². The molecule has 5 rings (SSSR count). The normalized spacial score (nSPS) is 11.2. The number of anilines is 2. The Labute approximate surface area is 160 Å². The van der Waals surface area contributed by atoms with E-state index in [1.165, 1.54) is 12.1 Å². The number of hydrogen-bond acceptors (Lipinski definition) is 4. The fourth-order valence-electron chi connectivity index (χ4n) is 3.43. The first-order valence-corrected chi connectivity index (χ1v) is 8.91. The molecule has 2 heterocycles. The molecule has 0 saturated carbocycles. The van der Waals surface area contributed by atoms with Crippen molar-refractivity contribution in [3.05, 3.63) is 84.7 Å². The molecule has 6 heteroatoms. The lowest BCUT2D eigenvalue weighted by molar-refractivity contribution is 0.628. The summed E-state index contributed by atoms with van der Waals surface area (Å²) < 4.78 is 15.6. The van der Waals surface area contributed by atoms with Crippen LogP contribution < -0.4 is 4.90 Å². The third-order valence-corrected chi connectivity index (χ3v) is 4.78. The van der Waals surface area contributed by atoms with Crippen molar-refractivity contribution < 1.29 is 4.39 Å². The lowest BCUT2D eigenvalue weighted by Crippen LogP contribution is -2.13. The molecule has 2 aromatic heterocycles. The van der Waals surface area contributed by atoms with Gasteiger partial charge < -0.3 is 4.90 Å². The summed E-state index contributed by atoms with van der Waals surface area (Å²) in [6.45, 7) is 0. The standard InChI is InChI=1S/C22H16FN5/c1-27(17-10-3-2-4-11-17)21-18-12-5-6-13-19(18)28-20(25-26-22(28)24-21)15-8-7-9-16(23)14-15/h2-14H,1H3. The Hall–Kier alpha value is -3.80. The quantitative estimate of drug-likeness (QED) is 0.456. The Bertz CT molecular complexity index is 1300. The third-order valence-electron chi connectivity index (χ3n) is 4.78. The van der Waals surface area contributed by atoms with Gasteiger partial charge in [-0.1, -0.05) is 42.5 Å². The molecular weight excluding hydrogens is 353 g/mol. The molecule has 0 unspecified atom stereocenters. The fourth-order valence-corrected chi connectivity index (χ4v) is 3.43. The first-order chi connectivity index (χ1) is 13.7. The molecule has 0 saturated heterocycles. The van der Waals surface area contributed by atoms with Crippen LogP contribution in [0.2, 0.25) is 0 Å². The van der Waals surface area contributed by atoms with Crippen LogP contribution in [0, 0.1) is 5.82 Å². The Morgan fingerprint density at radius 1 is 0.857 bits per heavy atom. The number of aromatic nitrogens is 4. The Morgan fingerprint density at radius 2 is 1.64 bits per heavy atom. The Kier molecular flexibility index (Phi) is 3.76. The highest BCUT2D eigenvalue weighted by Gasteiger charge is 2.18. The zero-order chi connectivity index (χ0) is 19.1. The first kappa shape index (κ1) is 16.4. The van der Waals surface area contributed by atoms with Gasteiger partial charge in [-0.2, -0.15) is 4.98 Å². The molecule has 28 heavy (non-hydrogen) atoms. The van der Waals surface area contributed by atoms with Crippen LogP contribution in [-0.2, 0) is 0 Å². The molecule has 5 nitrogen and oxygen atoms in total. The van der Waals surface area contributed by atoms with E-state index in [1.807, 2.05) is 77.0 Å². The zero-order valence-corrected chi connectivity index (χ0v) is 15.1. The number of benzene rings is 3. The molecule has 3 aromatic carbocycles. The molecule has 0 atom stereocenters. The van der Waals surface area contributed by atoms with Crippen molar-refractivity contribution in [2.75, 3.05) is 11.9 Å². The summed E-state index contributed by atoms with van der Waals surface area (Å²) in [7, 11) is 1.98. The van der Waals surface area contributed by atoms with Gasteiger partial charge in [0.25, 0.3) is 5.78 Å². The van der Waals surface area contributed by atoms with E-state index in [2.05, 4.69) is 10.2 Å². The summed E-state index contributed by atoms with van der Waals surface area (Å²) in [6.07, 6.45) is 0. The van der Waals surface area contributed by atoms with Crippen molar-refractivity contribution in [1.82, 2.24) is 19.6 Å². The van der Waals surface area contributed by atoms with Gasteiger partial charge in [0.15, 0.2) is 5.82 Å². The van der Waals surface area contributed by atoms with E-state index in [9.17, 15) is 4.39 Å². The molecule has 136 valence electrons. The van der Waals surface area contributed by atoms with Gasteiger partial charge in [0.1, 0.15) is 11.6 Å². The van der Waals surface area contributed by atoms with Crippen molar-refractivity contribution in [3.8, 4) is 11.4 Å². The molecule has 0 aliphatic rings. The number of nitrogens with zero attached hydrogens (tertiary/aromatic N) is 5. The second kappa shape index (κ2) is 6.42. The van der Waals surface area contributed by atoms with Gasteiger partial charge in [-0.05, 0) is 36.4 Å². The molecular formula is C22H16FN5. The van der Waals surface area contributed by atoms with Crippen molar-refractivity contribution in [1.29, 1.82) is 0 Å².